The van der Waals surface area contributed by atoms with E-state index >= 15 is 0 Å². The first-order valence-corrected chi connectivity index (χ1v) is 10.3. The molecule has 1 atom stereocenters. The van der Waals surface area contributed by atoms with Crippen molar-refractivity contribution in [2.75, 3.05) is 33.4 Å². The lowest BCUT2D eigenvalue weighted by molar-refractivity contribution is -0.123. The van der Waals surface area contributed by atoms with Crippen molar-refractivity contribution in [3.63, 3.8) is 0 Å². The molecule has 0 bridgehead atoms. The Morgan fingerprint density at radius 3 is 2.83 bits per heavy atom. The molecule has 0 unspecified atom stereocenters. The van der Waals surface area contributed by atoms with Gasteiger partial charge < -0.3 is 14.8 Å². The van der Waals surface area contributed by atoms with Crippen LogP contribution in [0.3, 0.4) is 0 Å². The molecule has 7 nitrogen and oxygen atoms in total. The van der Waals surface area contributed by atoms with Crippen LogP contribution in [0.15, 0.2) is 36.7 Å². The lowest BCUT2D eigenvalue weighted by Crippen LogP contribution is -2.41. The Bertz CT molecular complexity index is 790. The summed E-state index contributed by atoms with van der Waals surface area (Å²) in [5.74, 6) is 1.56. The zero-order valence-corrected chi connectivity index (χ0v) is 17.6. The molecule has 1 amide bonds. The fourth-order valence-corrected chi connectivity index (χ4v) is 3.65. The van der Waals surface area contributed by atoms with Crippen LogP contribution in [0, 0.1) is 5.92 Å². The third-order valence-electron chi connectivity index (χ3n) is 5.21. The summed E-state index contributed by atoms with van der Waals surface area (Å²) < 4.78 is 12.8. The maximum absolute atomic E-state index is 12.2. The zero-order chi connectivity index (χ0) is 20.6. The van der Waals surface area contributed by atoms with Gasteiger partial charge in [-0.1, -0.05) is 12.1 Å². The van der Waals surface area contributed by atoms with Gasteiger partial charge in [-0.3, -0.25) is 14.4 Å². The number of ether oxygens (including phenoxy) is 2. The highest BCUT2D eigenvalue weighted by molar-refractivity contribution is 5.77. The van der Waals surface area contributed by atoms with Crippen molar-refractivity contribution in [3.05, 3.63) is 42.2 Å². The van der Waals surface area contributed by atoms with Crippen molar-refractivity contribution in [2.24, 2.45) is 5.92 Å². The minimum atomic E-state index is -0.105. The van der Waals surface area contributed by atoms with Crippen LogP contribution in [0.1, 0.15) is 38.3 Å². The van der Waals surface area contributed by atoms with Gasteiger partial charge in [0.15, 0.2) is 18.1 Å². The first-order valence-electron chi connectivity index (χ1n) is 10.3. The summed E-state index contributed by atoms with van der Waals surface area (Å²) in [6.07, 6.45) is 6.37. The van der Waals surface area contributed by atoms with Gasteiger partial charge in [-0.25, -0.2) is 0 Å². The third kappa shape index (κ3) is 6.22. The predicted molar refractivity (Wildman–Crippen MR) is 112 cm³/mol. The molecule has 0 radical (unpaired) electrons. The molecule has 0 spiro atoms. The van der Waals surface area contributed by atoms with Crippen LogP contribution in [0.4, 0.5) is 0 Å². The smallest absolute Gasteiger partial charge is 0.257 e. The van der Waals surface area contributed by atoms with Gasteiger partial charge >= 0.3 is 0 Å². The number of carbonyl (C=O) groups excluding carboxylic acids is 1. The van der Waals surface area contributed by atoms with E-state index in [1.165, 1.54) is 5.56 Å². The number of piperidine rings is 1. The molecular weight excluding hydrogens is 368 g/mol. The van der Waals surface area contributed by atoms with E-state index in [9.17, 15) is 4.79 Å². The SMILES string of the molecule is COc1ccccc1OCC(=O)NC[C@H]1CCCN(Cc2cnn(C(C)C)c2)C1. The monoisotopic (exact) mass is 400 g/mol. The van der Waals surface area contributed by atoms with Crippen LogP contribution in [0.2, 0.25) is 0 Å². The number of aromatic nitrogens is 2. The van der Waals surface area contributed by atoms with Crippen LogP contribution in [0.25, 0.3) is 0 Å². The number of amides is 1. The Morgan fingerprint density at radius 2 is 2.10 bits per heavy atom. The van der Waals surface area contributed by atoms with Crippen LogP contribution >= 0.6 is 0 Å². The molecule has 1 N–H and O–H groups in total. The minimum absolute atomic E-state index is 0.00874. The zero-order valence-electron chi connectivity index (χ0n) is 17.6. The Morgan fingerprint density at radius 1 is 1.31 bits per heavy atom. The summed E-state index contributed by atoms with van der Waals surface area (Å²) in [5, 5.41) is 7.44. The number of carbonyl (C=O) groups is 1. The van der Waals surface area contributed by atoms with Gasteiger partial charge in [0.2, 0.25) is 0 Å². The molecule has 2 heterocycles. The molecule has 1 aromatic carbocycles. The summed E-state index contributed by atoms with van der Waals surface area (Å²) in [5.41, 5.74) is 1.24. The molecule has 158 valence electrons. The highest BCUT2D eigenvalue weighted by Crippen LogP contribution is 2.25. The van der Waals surface area contributed by atoms with E-state index < -0.39 is 0 Å². The Labute approximate surface area is 173 Å². The van der Waals surface area contributed by atoms with Gasteiger partial charge in [0.05, 0.1) is 13.3 Å². The van der Waals surface area contributed by atoms with Crippen molar-refractivity contribution in [1.29, 1.82) is 0 Å². The quantitative estimate of drug-likeness (QED) is 0.701. The lowest BCUT2D eigenvalue weighted by atomic mass is 9.97. The molecule has 1 saturated heterocycles. The maximum atomic E-state index is 12.2. The second-order valence-corrected chi connectivity index (χ2v) is 7.91. The van der Waals surface area contributed by atoms with Gasteiger partial charge in [-0.15, -0.1) is 0 Å². The molecule has 3 rings (SSSR count). The van der Waals surface area contributed by atoms with Gasteiger partial charge in [0.25, 0.3) is 5.91 Å². The number of benzene rings is 1. The fourth-order valence-electron chi connectivity index (χ4n) is 3.65. The van der Waals surface area contributed by atoms with E-state index in [2.05, 4.69) is 35.4 Å². The summed E-state index contributed by atoms with van der Waals surface area (Å²) in [7, 11) is 1.59. The number of para-hydroxylation sites is 2. The van der Waals surface area contributed by atoms with E-state index in [0.717, 1.165) is 32.5 Å². The maximum Gasteiger partial charge on any atom is 0.257 e. The summed E-state index contributed by atoms with van der Waals surface area (Å²) >= 11 is 0. The number of rotatable bonds is 9. The average molecular weight is 401 g/mol. The molecule has 1 aliphatic rings. The largest absolute Gasteiger partial charge is 0.493 e. The number of nitrogens with zero attached hydrogens (tertiary/aromatic N) is 3. The van der Waals surface area contributed by atoms with Crippen molar-refractivity contribution in [2.45, 2.75) is 39.3 Å². The molecule has 7 heteroatoms. The number of hydrogen-bond donors (Lipinski definition) is 1. The molecule has 0 saturated carbocycles. The fraction of sp³-hybridized carbons (Fsp3) is 0.545. The second kappa shape index (κ2) is 10.3. The predicted octanol–water partition coefficient (Wildman–Crippen LogP) is 2.88. The third-order valence-corrected chi connectivity index (χ3v) is 5.21. The molecule has 0 aliphatic carbocycles. The Balaban J connectivity index is 1.41. The van der Waals surface area contributed by atoms with Crippen molar-refractivity contribution < 1.29 is 14.3 Å². The second-order valence-electron chi connectivity index (χ2n) is 7.91. The van der Waals surface area contributed by atoms with Crippen LogP contribution in [-0.4, -0.2) is 53.9 Å². The molecule has 2 aromatic rings. The highest BCUT2D eigenvalue weighted by atomic mass is 16.5. The van der Waals surface area contributed by atoms with E-state index in [4.69, 9.17) is 9.47 Å². The highest BCUT2D eigenvalue weighted by Gasteiger charge is 2.21. The summed E-state index contributed by atoms with van der Waals surface area (Å²) in [6.45, 7) is 7.92. The minimum Gasteiger partial charge on any atom is -0.493 e. The van der Waals surface area contributed by atoms with E-state index in [1.807, 2.05) is 29.1 Å². The van der Waals surface area contributed by atoms with Gasteiger partial charge in [-0.05, 0) is 51.3 Å². The topological polar surface area (TPSA) is 68.6 Å². The van der Waals surface area contributed by atoms with Gasteiger partial charge in [0, 0.05) is 37.4 Å². The molecule has 1 fully saturated rings. The lowest BCUT2D eigenvalue weighted by Gasteiger charge is -2.32. The van der Waals surface area contributed by atoms with Crippen molar-refractivity contribution in [3.8, 4) is 11.5 Å². The molecule has 29 heavy (non-hydrogen) atoms. The van der Waals surface area contributed by atoms with Crippen LogP contribution in [0.5, 0.6) is 11.5 Å². The molecular formula is C22H32N4O3. The average Bonchev–Trinajstić information content (AvgIpc) is 3.20. The Kier molecular flexibility index (Phi) is 7.52. The number of methoxy groups -OCH3 is 1. The number of likely N-dealkylation sites (tertiary alicyclic amines) is 1. The Hall–Kier alpha value is -2.54. The molecule has 1 aromatic heterocycles. The van der Waals surface area contributed by atoms with Crippen molar-refractivity contribution in [1.82, 2.24) is 20.0 Å². The van der Waals surface area contributed by atoms with E-state index in [1.54, 1.807) is 13.2 Å². The van der Waals surface area contributed by atoms with Crippen LogP contribution < -0.4 is 14.8 Å². The first-order chi connectivity index (χ1) is 14.0. The summed E-state index contributed by atoms with van der Waals surface area (Å²) in [6, 6.07) is 7.72. The van der Waals surface area contributed by atoms with Crippen molar-refractivity contribution >= 4 is 5.91 Å². The standard InChI is InChI=1S/C22H32N4O3/c1-17(2)26-15-19(12-24-26)14-25-10-6-7-18(13-25)11-23-22(27)16-29-21-9-5-4-8-20(21)28-3/h4-5,8-9,12,15,17-18H,6-7,10-11,13-14,16H2,1-3H3,(H,23,27)/t18-/m1/s1. The normalized spacial score (nSPS) is 17.3. The van der Waals surface area contributed by atoms with E-state index in [0.29, 0.717) is 30.0 Å². The molecule has 1 aliphatic heterocycles. The number of hydrogen-bond acceptors (Lipinski definition) is 5. The van der Waals surface area contributed by atoms with Gasteiger partial charge in [0.1, 0.15) is 0 Å². The first kappa shape index (κ1) is 21.2. The summed E-state index contributed by atoms with van der Waals surface area (Å²) in [4.78, 5) is 14.6. The number of nitrogens with one attached hydrogen (secondary N) is 1. The van der Waals surface area contributed by atoms with Gasteiger partial charge in [-0.2, -0.15) is 5.10 Å². The van der Waals surface area contributed by atoms with Crippen LogP contribution in [-0.2, 0) is 11.3 Å². The van der Waals surface area contributed by atoms with E-state index in [-0.39, 0.29) is 12.5 Å².